The highest BCUT2D eigenvalue weighted by molar-refractivity contribution is 7.98. The summed E-state index contributed by atoms with van der Waals surface area (Å²) in [7, 11) is 1.59. The molecule has 3 rings (SSSR count). The summed E-state index contributed by atoms with van der Waals surface area (Å²) in [5, 5.41) is 0.373. The Hall–Kier alpha value is -2.60. The van der Waals surface area contributed by atoms with Crippen LogP contribution in [-0.4, -0.2) is 16.7 Å². The van der Waals surface area contributed by atoms with Crippen molar-refractivity contribution in [1.82, 2.24) is 9.55 Å². The van der Waals surface area contributed by atoms with Crippen LogP contribution in [-0.2, 0) is 5.75 Å². The van der Waals surface area contributed by atoms with Gasteiger partial charge in [-0.3, -0.25) is 9.36 Å². The van der Waals surface area contributed by atoms with Gasteiger partial charge in [0.15, 0.2) is 5.03 Å². The fourth-order valence-electron chi connectivity index (χ4n) is 2.22. The largest absolute Gasteiger partial charge is 0.497 e. The summed E-state index contributed by atoms with van der Waals surface area (Å²) >= 11 is 1.29. The average Bonchev–Trinajstić information content (AvgIpc) is 2.61. The minimum atomic E-state index is -0.287. The van der Waals surface area contributed by atoms with Crippen LogP contribution in [0.2, 0.25) is 0 Å². The molecule has 4 nitrogen and oxygen atoms in total. The lowest BCUT2D eigenvalue weighted by Crippen LogP contribution is -2.20. The minimum absolute atomic E-state index is 0.205. The molecule has 0 saturated carbocycles. The summed E-state index contributed by atoms with van der Waals surface area (Å²) in [6, 6.07) is 13.5. The smallest absolute Gasteiger partial charge is 0.287 e. The van der Waals surface area contributed by atoms with Crippen molar-refractivity contribution in [3.63, 3.8) is 0 Å². The Balaban J connectivity index is 1.83. The molecule has 0 spiro atoms. The van der Waals surface area contributed by atoms with E-state index in [1.807, 2.05) is 6.07 Å². The molecule has 0 aliphatic rings. The predicted molar refractivity (Wildman–Crippen MR) is 92.3 cm³/mol. The molecular weight excluding hydrogens is 327 g/mol. The highest BCUT2D eigenvalue weighted by atomic mass is 32.2. The molecule has 0 fully saturated rings. The van der Waals surface area contributed by atoms with Gasteiger partial charge in [-0.05, 0) is 42.0 Å². The number of ether oxygens (including phenoxy) is 1. The number of benzene rings is 2. The van der Waals surface area contributed by atoms with Crippen molar-refractivity contribution in [2.45, 2.75) is 10.8 Å². The summed E-state index contributed by atoms with van der Waals surface area (Å²) in [5.74, 6) is 0.915. The van der Waals surface area contributed by atoms with Crippen molar-refractivity contribution >= 4 is 11.8 Å². The van der Waals surface area contributed by atoms with E-state index in [9.17, 15) is 9.18 Å². The second kappa shape index (κ2) is 7.31. The number of hydrogen-bond donors (Lipinski definition) is 0. The highest BCUT2D eigenvalue weighted by Crippen LogP contribution is 2.19. The third-order valence-electron chi connectivity index (χ3n) is 3.42. The number of rotatable bonds is 5. The maximum atomic E-state index is 13.2. The monoisotopic (exact) mass is 342 g/mol. The van der Waals surface area contributed by atoms with E-state index < -0.39 is 0 Å². The van der Waals surface area contributed by atoms with E-state index in [2.05, 4.69) is 4.98 Å². The van der Waals surface area contributed by atoms with Gasteiger partial charge in [-0.1, -0.05) is 23.9 Å². The molecule has 0 atom stereocenters. The van der Waals surface area contributed by atoms with Crippen LogP contribution in [0.3, 0.4) is 0 Å². The maximum Gasteiger partial charge on any atom is 0.287 e. The molecule has 6 heteroatoms. The summed E-state index contributed by atoms with van der Waals surface area (Å²) in [6.07, 6.45) is 3.20. The van der Waals surface area contributed by atoms with Crippen molar-refractivity contribution in [1.29, 1.82) is 0 Å². The third-order valence-corrected chi connectivity index (χ3v) is 4.46. The summed E-state index contributed by atoms with van der Waals surface area (Å²) in [4.78, 5) is 16.7. The van der Waals surface area contributed by atoms with Crippen LogP contribution in [0.5, 0.6) is 5.75 Å². The Morgan fingerprint density at radius 1 is 1.21 bits per heavy atom. The molecule has 0 bridgehead atoms. The minimum Gasteiger partial charge on any atom is -0.497 e. The molecule has 2 aromatic carbocycles. The SMILES string of the molecule is COc1ccc(-n2ccnc(SCc3cccc(F)c3)c2=O)cc1. The van der Waals surface area contributed by atoms with E-state index in [0.717, 1.165) is 17.0 Å². The predicted octanol–water partition coefficient (Wildman–Crippen LogP) is 3.67. The zero-order chi connectivity index (χ0) is 16.9. The molecule has 0 saturated heterocycles. The number of halogens is 1. The van der Waals surface area contributed by atoms with Crippen molar-refractivity contribution in [2.24, 2.45) is 0 Å². The number of hydrogen-bond acceptors (Lipinski definition) is 4. The molecule has 122 valence electrons. The van der Waals surface area contributed by atoms with Gasteiger partial charge in [0.2, 0.25) is 0 Å². The molecule has 0 aliphatic carbocycles. The van der Waals surface area contributed by atoms with Crippen molar-refractivity contribution < 1.29 is 9.13 Å². The second-order valence-corrected chi connectivity index (χ2v) is 5.99. The van der Waals surface area contributed by atoms with Gasteiger partial charge in [-0.25, -0.2) is 9.37 Å². The molecule has 0 amide bonds. The second-order valence-electron chi connectivity index (χ2n) is 5.02. The lowest BCUT2D eigenvalue weighted by molar-refractivity contribution is 0.414. The first kappa shape index (κ1) is 16.3. The Labute approximate surface area is 142 Å². The molecule has 0 aliphatic heterocycles. The normalized spacial score (nSPS) is 10.6. The Kier molecular flexibility index (Phi) is 4.96. The van der Waals surface area contributed by atoms with Gasteiger partial charge >= 0.3 is 0 Å². The Morgan fingerprint density at radius 2 is 2.00 bits per heavy atom. The molecule has 24 heavy (non-hydrogen) atoms. The fourth-order valence-corrected chi connectivity index (χ4v) is 3.06. The lowest BCUT2D eigenvalue weighted by atomic mass is 10.2. The van der Waals surface area contributed by atoms with Gasteiger partial charge in [-0.15, -0.1) is 0 Å². The van der Waals surface area contributed by atoms with E-state index in [1.165, 1.54) is 28.5 Å². The molecule has 3 aromatic rings. The van der Waals surface area contributed by atoms with Crippen molar-refractivity contribution in [3.8, 4) is 11.4 Å². The van der Waals surface area contributed by atoms with Gasteiger partial charge in [-0.2, -0.15) is 0 Å². The van der Waals surface area contributed by atoms with E-state index in [4.69, 9.17) is 4.74 Å². The van der Waals surface area contributed by atoms with Gasteiger partial charge in [0.25, 0.3) is 5.56 Å². The van der Waals surface area contributed by atoms with E-state index in [1.54, 1.807) is 49.8 Å². The Morgan fingerprint density at radius 3 is 2.71 bits per heavy atom. The molecule has 1 aromatic heterocycles. The van der Waals surface area contributed by atoms with Crippen molar-refractivity contribution in [2.75, 3.05) is 7.11 Å². The first-order valence-electron chi connectivity index (χ1n) is 7.27. The van der Waals surface area contributed by atoms with E-state index >= 15 is 0 Å². The van der Waals surface area contributed by atoms with E-state index in [0.29, 0.717) is 10.8 Å². The summed E-state index contributed by atoms with van der Waals surface area (Å²) in [5.41, 5.74) is 1.33. The Bertz CT molecular complexity index is 894. The first-order chi connectivity index (χ1) is 11.7. The van der Waals surface area contributed by atoms with Crippen LogP contribution in [0.25, 0.3) is 5.69 Å². The maximum absolute atomic E-state index is 13.2. The zero-order valence-electron chi connectivity index (χ0n) is 13.0. The average molecular weight is 342 g/mol. The van der Waals surface area contributed by atoms with E-state index in [-0.39, 0.29) is 11.4 Å². The molecule has 1 heterocycles. The van der Waals surface area contributed by atoms with Crippen LogP contribution in [0.1, 0.15) is 5.56 Å². The van der Waals surface area contributed by atoms with Gasteiger partial charge in [0, 0.05) is 23.8 Å². The number of thioether (sulfide) groups is 1. The number of nitrogens with zero attached hydrogens (tertiary/aromatic N) is 2. The van der Waals surface area contributed by atoms with Crippen LogP contribution in [0, 0.1) is 5.82 Å². The van der Waals surface area contributed by atoms with Crippen LogP contribution < -0.4 is 10.3 Å². The molecular formula is C18H15FN2O2S. The summed E-state index contributed by atoms with van der Waals surface area (Å²) in [6.45, 7) is 0. The molecule has 0 unspecified atom stereocenters. The zero-order valence-corrected chi connectivity index (χ0v) is 13.8. The molecule has 0 radical (unpaired) electrons. The number of methoxy groups -OCH3 is 1. The van der Waals surface area contributed by atoms with Gasteiger partial charge in [0.05, 0.1) is 7.11 Å². The summed E-state index contributed by atoms with van der Waals surface area (Å²) < 4.78 is 19.9. The fraction of sp³-hybridized carbons (Fsp3) is 0.111. The number of aromatic nitrogens is 2. The van der Waals surface area contributed by atoms with Crippen LogP contribution >= 0.6 is 11.8 Å². The standard InChI is InChI=1S/C18H15FN2O2S/c1-23-16-7-5-15(6-8-16)21-10-9-20-17(18(21)22)24-12-13-3-2-4-14(19)11-13/h2-11H,12H2,1H3. The van der Waals surface area contributed by atoms with Crippen LogP contribution in [0.4, 0.5) is 4.39 Å². The highest BCUT2D eigenvalue weighted by Gasteiger charge is 2.08. The van der Waals surface area contributed by atoms with Crippen LogP contribution in [0.15, 0.2) is 70.7 Å². The van der Waals surface area contributed by atoms with Crippen molar-refractivity contribution in [3.05, 3.63) is 82.7 Å². The third kappa shape index (κ3) is 3.65. The van der Waals surface area contributed by atoms with Gasteiger partial charge < -0.3 is 4.74 Å². The van der Waals surface area contributed by atoms with Gasteiger partial charge in [0.1, 0.15) is 11.6 Å². The first-order valence-corrected chi connectivity index (χ1v) is 8.25. The molecule has 0 N–H and O–H groups in total. The quantitative estimate of drug-likeness (QED) is 0.664. The topological polar surface area (TPSA) is 44.1 Å². The lowest BCUT2D eigenvalue weighted by Gasteiger charge is -2.08.